The summed E-state index contributed by atoms with van der Waals surface area (Å²) >= 11 is 1.25. The van der Waals surface area contributed by atoms with Crippen LogP contribution >= 0.6 is 11.3 Å². The molecule has 0 aliphatic rings. The van der Waals surface area contributed by atoms with Gasteiger partial charge < -0.3 is 14.2 Å². The standard InChI is InChI=1S/C22H20FN3O4S/c1-28-16-10-14(11-17(29-2)20(16)30-3)6-9-19-24-22-26(25-19)21(27)18(31-22)12-13-4-7-15(23)8-5-13/h4-5,7-8,10-12H,6,9H2,1-3H3/b18-12-. The molecule has 0 saturated carbocycles. The molecule has 0 radical (unpaired) electrons. The Balaban J connectivity index is 1.57. The van der Waals surface area contributed by atoms with E-state index < -0.39 is 0 Å². The summed E-state index contributed by atoms with van der Waals surface area (Å²) < 4.78 is 31.0. The number of benzene rings is 2. The average molecular weight is 441 g/mol. The minimum Gasteiger partial charge on any atom is -0.493 e. The lowest BCUT2D eigenvalue weighted by Crippen LogP contribution is -2.23. The first-order valence-electron chi connectivity index (χ1n) is 9.47. The molecule has 0 fully saturated rings. The third kappa shape index (κ3) is 4.22. The second-order valence-electron chi connectivity index (χ2n) is 6.72. The van der Waals surface area contributed by atoms with Gasteiger partial charge in [0, 0.05) is 6.42 Å². The molecule has 7 nitrogen and oxygen atoms in total. The molecule has 0 spiro atoms. The lowest BCUT2D eigenvalue weighted by atomic mass is 10.1. The summed E-state index contributed by atoms with van der Waals surface area (Å²) in [5.41, 5.74) is 1.47. The van der Waals surface area contributed by atoms with Crippen LogP contribution in [0.5, 0.6) is 17.2 Å². The van der Waals surface area contributed by atoms with Crippen LogP contribution in [0.15, 0.2) is 41.2 Å². The van der Waals surface area contributed by atoms with Crippen LogP contribution in [0.25, 0.3) is 11.0 Å². The van der Waals surface area contributed by atoms with E-state index in [4.69, 9.17) is 14.2 Å². The second-order valence-corrected chi connectivity index (χ2v) is 7.73. The van der Waals surface area contributed by atoms with Gasteiger partial charge in [-0.1, -0.05) is 23.5 Å². The van der Waals surface area contributed by atoms with Crippen molar-refractivity contribution in [2.45, 2.75) is 12.8 Å². The van der Waals surface area contributed by atoms with Crippen molar-refractivity contribution in [1.29, 1.82) is 0 Å². The first-order chi connectivity index (χ1) is 15.0. The summed E-state index contributed by atoms with van der Waals surface area (Å²) in [4.78, 5) is 17.7. The fourth-order valence-corrected chi connectivity index (χ4v) is 4.15. The molecule has 0 aliphatic carbocycles. The number of hydrogen-bond donors (Lipinski definition) is 0. The van der Waals surface area contributed by atoms with Gasteiger partial charge in [-0.2, -0.15) is 4.52 Å². The van der Waals surface area contributed by atoms with Crippen molar-refractivity contribution >= 4 is 22.4 Å². The number of halogens is 1. The van der Waals surface area contributed by atoms with Crippen molar-refractivity contribution in [2.24, 2.45) is 0 Å². The summed E-state index contributed by atoms with van der Waals surface area (Å²) in [6, 6.07) is 9.72. The molecule has 4 aromatic rings. The molecule has 0 amide bonds. The molecular weight excluding hydrogens is 421 g/mol. The number of hydrogen-bond acceptors (Lipinski definition) is 7. The summed E-state index contributed by atoms with van der Waals surface area (Å²) in [7, 11) is 4.70. The number of aromatic nitrogens is 3. The van der Waals surface area contributed by atoms with Crippen molar-refractivity contribution in [1.82, 2.24) is 14.6 Å². The minimum absolute atomic E-state index is 0.240. The normalized spacial score (nSPS) is 11.8. The largest absolute Gasteiger partial charge is 0.493 e. The van der Waals surface area contributed by atoms with Crippen LogP contribution in [-0.4, -0.2) is 35.9 Å². The van der Waals surface area contributed by atoms with Crippen LogP contribution in [-0.2, 0) is 12.8 Å². The first kappa shape index (κ1) is 20.8. The third-order valence-corrected chi connectivity index (χ3v) is 5.71. The van der Waals surface area contributed by atoms with E-state index in [2.05, 4.69) is 10.1 Å². The zero-order valence-corrected chi connectivity index (χ0v) is 18.0. The van der Waals surface area contributed by atoms with Crippen LogP contribution in [0.3, 0.4) is 0 Å². The quantitative estimate of drug-likeness (QED) is 0.439. The van der Waals surface area contributed by atoms with E-state index in [0.29, 0.717) is 45.4 Å². The minimum atomic E-state index is -0.320. The van der Waals surface area contributed by atoms with Crippen molar-refractivity contribution in [2.75, 3.05) is 21.3 Å². The van der Waals surface area contributed by atoms with E-state index in [1.54, 1.807) is 39.5 Å². The number of ether oxygens (including phenoxy) is 3. The van der Waals surface area contributed by atoms with Gasteiger partial charge in [0.15, 0.2) is 17.3 Å². The molecule has 4 rings (SSSR count). The summed E-state index contributed by atoms with van der Waals surface area (Å²) in [5.74, 6) is 1.96. The Morgan fingerprint density at radius 2 is 1.71 bits per heavy atom. The summed E-state index contributed by atoms with van der Waals surface area (Å²) in [6.07, 6.45) is 2.89. The smallest absolute Gasteiger partial charge is 0.291 e. The van der Waals surface area contributed by atoms with Crippen molar-refractivity contribution < 1.29 is 18.6 Å². The zero-order chi connectivity index (χ0) is 22.0. The Kier molecular flexibility index (Phi) is 5.85. The number of nitrogens with zero attached hydrogens (tertiary/aromatic N) is 3. The molecule has 0 aliphatic heterocycles. The van der Waals surface area contributed by atoms with Crippen molar-refractivity contribution in [3.05, 3.63) is 74.1 Å². The van der Waals surface area contributed by atoms with Crippen LogP contribution in [0.4, 0.5) is 4.39 Å². The van der Waals surface area contributed by atoms with Crippen molar-refractivity contribution in [3.8, 4) is 17.2 Å². The Morgan fingerprint density at radius 3 is 2.29 bits per heavy atom. The fourth-order valence-electron chi connectivity index (χ4n) is 3.23. The van der Waals surface area contributed by atoms with Gasteiger partial charge in [0.25, 0.3) is 5.56 Å². The number of aryl methyl sites for hydroxylation is 2. The predicted molar refractivity (Wildman–Crippen MR) is 116 cm³/mol. The Hall–Kier alpha value is -3.46. The molecule has 31 heavy (non-hydrogen) atoms. The zero-order valence-electron chi connectivity index (χ0n) is 17.2. The molecule has 160 valence electrons. The maximum atomic E-state index is 13.1. The summed E-state index contributed by atoms with van der Waals surface area (Å²) in [6.45, 7) is 0. The van der Waals surface area contributed by atoms with Crippen LogP contribution < -0.4 is 24.3 Å². The third-order valence-electron chi connectivity index (χ3n) is 4.76. The number of thiazole rings is 1. The van der Waals surface area contributed by atoms with Gasteiger partial charge in [0.05, 0.1) is 25.9 Å². The topological polar surface area (TPSA) is 75.0 Å². The maximum Gasteiger partial charge on any atom is 0.291 e. The van der Waals surface area contributed by atoms with Gasteiger partial charge in [-0.25, -0.2) is 9.37 Å². The second kappa shape index (κ2) is 8.73. The van der Waals surface area contributed by atoms with E-state index in [1.165, 1.54) is 28.0 Å². The predicted octanol–water partition coefficient (Wildman–Crippen LogP) is 2.65. The Labute approximate surface area is 181 Å². The van der Waals surface area contributed by atoms with E-state index in [0.717, 1.165) is 11.1 Å². The van der Waals surface area contributed by atoms with Gasteiger partial charge >= 0.3 is 0 Å². The monoisotopic (exact) mass is 441 g/mol. The van der Waals surface area contributed by atoms with E-state index in [-0.39, 0.29) is 11.4 Å². The average Bonchev–Trinajstić information content (AvgIpc) is 3.31. The molecule has 0 bridgehead atoms. The van der Waals surface area contributed by atoms with Gasteiger partial charge in [-0.05, 0) is 47.9 Å². The molecular formula is C22H20FN3O4S. The van der Waals surface area contributed by atoms with Crippen LogP contribution in [0.2, 0.25) is 0 Å². The molecule has 2 aromatic carbocycles. The van der Waals surface area contributed by atoms with Gasteiger partial charge in [-0.3, -0.25) is 4.79 Å². The van der Waals surface area contributed by atoms with Gasteiger partial charge in [0.1, 0.15) is 5.82 Å². The molecule has 2 heterocycles. The molecule has 2 aromatic heterocycles. The van der Waals surface area contributed by atoms with E-state index in [9.17, 15) is 9.18 Å². The Morgan fingerprint density at radius 1 is 1.03 bits per heavy atom. The number of methoxy groups -OCH3 is 3. The van der Waals surface area contributed by atoms with Crippen molar-refractivity contribution in [3.63, 3.8) is 0 Å². The van der Waals surface area contributed by atoms with Crippen LogP contribution in [0.1, 0.15) is 17.0 Å². The fraction of sp³-hybridized carbons (Fsp3) is 0.227. The number of fused-ring (bicyclic) bond motifs is 1. The van der Waals surface area contributed by atoms with E-state index in [1.807, 2.05) is 12.1 Å². The molecule has 0 saturated heterocycles. The van der Waals surface area contributed by atoms with Gasteiger partial charge in [0.2, 0.25) is 10.7 Å². The van der Waals surface area contributed by atoms with Crippen LogP contribution in [0, 0.1) is 5.82 Å². The number of rotatable bonds is 7. The molecule has 0 N–H and O–H groups in total. The Bertz CT molecular complexity index is 1310. The summed E-state index contributed by atoms with van der Waals surface area (Å²) in [5, 5.41) is 4.36. The highest BCUT2D eigenvalue weighted by molar-refractivity contribution is 7.15. The van der Waals surface area contributed by atoms with E-state index >= 15 is 0 Å². The lowest BCUT2D eigenvalue weighted by molar-refractivity contribution is 0.324. The molecule has 9 heteroatoms. The maximum absolute atomic E-state index is 13.1. The highest BCUT2D eigenvalue weighted by Crippen LogP contribution is 2.38. The SMILES string of the molecule is COc1cc(CCc2nc3s/c(=C\c4ccc(F)cc4)c(=O)n3n2)cc(OC)c1OC. The first-order valence-corrected chi connectivity index (χ1v) is 10.3. The highest BCUT2D eigenvalue weighted by Gasteiger charge is 2.15. The lowest BCUT2D eigenvalue weighted by Gasteiger charge is -2.13. The molecule has 0 atom stereocenters. The van der Waals surface area contributed by atoms with Gasteiger partial charge in [-0.15, -0.1) is 5.10 Å². The molecule has 0 unspecified atom stereocenters. The highest BCUT2D eigenvalue weighted by atomic mass is 32.1.